The third kappa shape index (κ3) is 4.23. The number of hydrogen-bond acceptors (Lipinski definition) is 6. The molecule has 36 heavy (non-hydrogen) atoms. The highest BCUT2D eigenvalue weighted by molar-refractivity contribution is 6.04. The molecule has 2 aromatic carbocycles. The Labute approximate surface area is 203 Å². The molecular weight excluding hydrogens is 473 g/mol. The third-order valence-corrected chi connectivity index (χ3v) is 6.50. The molecule has 1 amide bonds. The van der Waals surface area contributed by atoms with Crippen LogP contribution in [0.2, 0.25) is 0 Å². The van der Waals surface area contributed by atoms with Gasteiger partial charge in [-0.2, -0.15) is 0 Å². The van der Waals surface area contributed by atoms with Crippen LogP contribution in [0.25, 0.3) is 10.9 Å². The summed E-state index contributed by atoms with van der Waals surface area (Å²) in [6, 6.07) is 8.74. The summed E-state index contributed by atoms with van der Waals surface area (Å²) in [6.45, 7) is 1.12. The Morgan fingerprint density at radius 3 is 2.25 bits per heavy atom. The quantitative estimate of drug-likeness (QED) is 0.517. The third-order valence-electron chi connectivity index (χ3n) is 6.50. The number of fused-ring (bicyclic) bond motifs is 1. The Morgan fingerprint density at radius 1 is 0.972 bits per heavy atom. The average molecular weight is 495 g/mol. The normalized spacial score (nSPS) is 15.7. The van der Waals surface area contributed by atoms with Gasteiger partial charge < -0.3 is 29.3 Å². The monoisotopic (exact) mass is 495 g/mol. The zero-order valence-electron chi connectivity index (χ0n) is 19.0. The second-order valence-electron chi connectivity index (χ2n) is 8.78. The highest BCUT2D eigenvalue weighted by Gasteiger charge is 2.29. The number of amides is 1. The highest BCUT2D eigenvalue weighted by atomic mass is 19.1. The molecule has 2 N–H and O–H groups in total. The summed E-state index contributed by atoms with van der Waals surface area (Å²) in [5, 5.41) is 18.4. The summed E-state index contributed by atoms with van der Waals surface area (Å²) in [4.78, 5) is 51.5. The number of anilines is 1. The number of hydrogen-bond donors (Lipinski definition) is 2. The molecule has 0 unspecified atom stereocenters. The van der Waals surface area contributed by atoms with Gasteiger partial charge in [-0.15, -0.1) is 0 Å². The summed E-state index contributed by atoms with van der Waals surface area (Å²) < 4.78 is 21.6. The van der Waals surface area contributed by atoms with Crippen LogP contribution >= 0.6 is 0 Å². The fourth-order valence-corrected chi connectivity index (χ4v) is 4.57. The fourth-order valence-electron chi connectivity index (χ4n) is 4.57. The van der Waals surface area contributed by atoms with Crippen LogP contribution in [0, 0.1) is 5.82 Å². The maximum absolute atomic E-state index is 15.2. The molecule has 5 rings (SSSR count). The van der Waals surface area contributed by atoms with Crippen molar-refractivity contribution in [3.05, 3.63) is 69.8 Å². The van der Waals surface area contributed by atoms with Crippen LogP contribution < -0.4 is 15.1 Å². The number of piperazine rings is 1. The largest absolute Gasteiger partial charge is 0.511 e. The number of carbonyl (C=O) groups is 3. The van der Waals surface area contributed by atoms with Crippen LogP contribution in [0.4, 0.5) is 14.9 Å². The van der Waals surface area contributed by atoms with Gasteiger partial charge in [-0.25, -0.2) is 14.0 Å². The van der Waals surface area contributed by atoms with Crippen molar-refractivity contribution in [2.24, 2.45) is 0 Å². The Morgan fingerprint density at radius 2 is 1.64 bits per heavy atom. The van der Waals surface area contributed by atoms with Gasteiger partial charge in [-0.3, -0.25) is 9.59 Å². The number of pyridine rings is 1. The number of aromatic carboxylic acids is 1. The Balaban J connectivity index is 1.42. The van der Waals surface area contributed by atoms with Gasteiger partial charge in [-0.1, -0.05) is 12.1 Å². The van der Waals surface area contributed by atoms with Gasteiger partial charge in [0.2, 0.25) is 5.43 Å². The molecule has 1 saturated heterocycles. The summed E-state index contributed by atoms with van der Waals surface area (Å²) in [7, 11) is 0. The van der Waals surface area contributed by atoms with Crippen LogP contribution in [-0.2, 0) is 0 Å². The minimum atomic E-state index is -1.62. The molecule has 0 bridgehead atoms. The van der Waals surface area contributed by atoms with E-state index in [1.54, 1.807) is 27.7 Å². The van der Waals surface area contributed by atoms with Crippen molar-refractivity contribution in [1.29, 1.82) is 0 Å². The number of ether oxygens (including phenoxy) is 1. The number of carboxylic acids is 1. The lowest BCUT2D eigenvalue weighted by atomic mass is 10.1. The van der Waals surface area contributed by atoms with E-state index in [1.807, 2.05) is 0 Å². The molecule has 186 valence electrons. The van der Waals surface area contributed by atoms with E-state index in [-0.39, 0.29) is 47.1 Å². The first-order valence-electron chi connectivity index (χ1n) is 11.4. The zero-order valence-corrected chi connectivity index (χ0v) is 19.0. The molecule has 1 saturated carbocycles. The van der Waals surface area contributed by atoms with Gasteiger partial charge in [0.1, 0.15) is 5.82 Å². The van der Waals surface area contributed by atoms with Crippen molar-refractivity contribution < 1.29 is 33.7 Å². The van der Waals surface area contributed by atoms with E-state index < -0.39 is 29.3 Å². The second kappa shape index (κ2) is 8.99. The van der Waals surface area contributed by atoms with Gasteiger partial charge in [0.05, 0.1) is 33.9 Å². The minimum Gasteiger partial charge on any atom is -0.478 e. The van der Waals surface area contributed by atoms with E-state index in [0.29, 0.717) is 18.6 Å². The molecule has 1 aliphatic carbocycles. The molecule has 3 aromatic rings. The first-order chi connectivity index (χ1) is 17.2. The molecule has 0 spiro atoms. The SMILES string of the molecule is O=C(O)Oc1cn(C2CC2)c2cc(N3CCN(C(=O)c4ccccc4C(=O)O)CC3)c(F)cc2c1=O. The number of rotatable bonds is 5. The van der Waals surface area contributed by atoms with E-state index in [1.165, 1.54) is 23.2 Å². The van der Waals surface area contributed by atoms with E-state index >= 15 is 4.39 Å². The lowest BCUT2D eigenvalue weighted by molar-refractivity contribution is 0.0672. The summed E-state index contributed by atoms with van der Waals surface area (Å²) in [6.07, 6.45) is 1.42. The zero-order chi connectivity index (χ0) is 25.6. The number of benzene rings is 2. The van der Waals surface area contributed by atoms with Gasteiger partial charge in [0.15, 0.2) is 5.75 Å². The van der Waals surface area contributed by atoms with Crippen molar-refractivity contribution in [1.82, 2.24) is 9.47 Å². The molecule has 2 aliphatic rings. The molecule has 10 nitrogen and oxygen atoms in total. The molecule has 2 heterocycles. The average Bonchev–Trinajstić information content (AvgIpc) is 3.70. The van der Waals surface area contributed by atoms with Crippen LogP contribution in [0.1, 0.15) is 39.6 Å². The highest BCUT2D eigenvalue weighted by Crippen LogP contribution is 2.39. The molecule has 0 radical (unpaired) electrons. The van der Waals surface area contributed by atoms with Crippen molar-refractivity contribution in [3.63, 3.8) is 0 Å². The van der Waals surface area contributed by atoms with Crippen LogP contribution in [0.15, 0.2) is 47.4 Å². The van der Waals surface area contributed by atoms with Crippen molar-refractivity contribution in [2.75, 3.05) is 31.1 Å². The number of carbonyl (C=O) groups excluding carboxylic acids is 1. The minimum absolute atomic E-state index is 0.0287. The molecule has 11 heteroatoms. The van der Waals surface area contributed by atoms with Crippen LogP contribution in [0.3, 0.4) is 0 Å². The standard InChI is InChI=1S/C25H22FN3O7/c26-18-11-17-19(29(14-5-6-14)13-21(22(17)30)36-25(34)35)12-20(18)27-7-9-28(10-8-27)23(31)15-3-1-2-4-16(15)24(32)33/h1-4,11-14H,5-10H2,(H,32,33)(H,34,35). The molecule has 2 fully saturated rings. The predicted octanol–water partition coefficient (Wildman–Crippen LogP) is 3.19. The number of nitrogens with zero attached hydrogens (tertiary/aromatic N) is 3. The first-order valence-corrected chi connectivity index (χ1v) is 11.4. The van der Waals surface area contributed by atoms with Crippen molar-refractivity contribution in [3.8, 4) is 5.75 Å². The molecule has 0 atom stereocenters. The maximum Gasteiger partial charge on any atom is 0.511 e. The van der Waals surface area contributed by atoms with Gasteiger partial charge in [0.25, 0.3) is 5.91 Å². The fraction of sp³-hybridized carbons (Fsp3) is 0.280. The molecular formula is C25H22FN3O7. The Hall–Kier alpha value is -4.41. The van der Waals surface area contributed by atoms with Crippen molar-refractivity contribution >= 4 is 34.6 Å². The van der Waals surface area contributed by atoms with E-state index in [4.69, 9.17) is 5.11 Å². The summed E-state index contributed by atoms with van der Waals surface area (Å²) in [5.74, 6) is -2.61. The number of aromatic nitrogens is 1. The first kappa shape index (κ1) is 23.3. The van der Waals surface area contributed by atoms with E-state index in [9.17, 15) is 24.3 Å². The lowest BCUT2D eigenvalue weighted by Crippen LogP contribution is -2.49. The van der Waals surface area contributed by atoms with Gasteiger partial charge >= 0.3 is 12.1 Å². The molecule has 1 aliphatic heterocycles. The number of carboxylic acid groups (broad SMARTS) is 2. The van der Waals surface area contributed by atoms with E-state index in [2.05, 4.69) is 4.74 Å². The Kier molecular flexibility index (Phi) is 5.83. The molecule has 1 aromatic heterocycles. The Bertz CT molecular complexity index is 1460. The smallest absolute Gasteiger partial charge is 0.478 e. The van der Waals surface area contributed by atoms with Crippen LogP contribution in [0.5, 0.6) is 5.75 Å². The second-order valence-corrected chi connectivity index (χ2v) is 8.78. The summed E-state index contributed by atoms with van der Waals surface area (Å²) in [5.41, 5.74) is 0.0620. The number of halogens is 1. The van der Waals surface area contributed by atoms with Gasteiger partial charge in [0, 0.05) is 32.2 Å². The van der Waals surface area contributed by atoms with Crippen molar-refractivity contribution in [2.45, 2.75) is 18.9 Å². The topological polar surface area (TPSA) is 129 Å². The maximum atomic E-state index is 15.2. The summed E-state index contributed by atoms with van der Waals surface area (Å²) >= 11 is 0. The van der Waals surface area contributed by atoms with E-state index in [0.717, 1.165) is 18.9 Å². The predicted molar refractivity (Wildman–Crippen MR) is 127 cm³/mol. The lowest BCUT2D eigenvalue weighted by Gasteiger charge is -2.36. The van der Waals surface area contributed by atoms with Gasteiger partial charge in [-0.05, 0) is 37.1 Å². The van der Waals surface area contributed by atoms with Crippen LogP contribution in [-0.4, -0.2) is 63.9 Å².